The number of hydrogen-bond acceptors (Lipinski definition) is 8. The summed E-state index contributed by atoms with van der Waals surface area (Å²) in [6.07, 6.45) is 2.35. The lowest BCUT2D eigenvalue weighted by atomic mass is 10.5. The number of aryl methyl sites for hydroxylation is 1. The van der Waals surface area contributed by atoms with E-state index >= 15 is 0 Å². The van der Waals surface area contributed by atoms with Crippen LogP contribution in [0.3, 0.4) is 0 Å². The van der Waals surface area contributed by atoms with Crippen molar-refractivity contribution in [2.45, 2.75) is 29.6 Å². The predicted octanol–water partition coefficient (Wildman–Crippen LogP) is 2.16. The van der Waals surface area contributed by atoms with Gasteiger partial charge in [0.05, 0.1) is 6.61 Å². The molecule has 96 valence electrons. The molecule has 0 unspecified atom stereocenters. The molecule has 2 N–H and O–H groups in total. The van der Waals surface area contributed by atoms with Crippen LogP contribution in [0.2, 0.25) is 0 Å². The standard InChI is InChI=1S/C10H13N5OS2/c1-3-4-16-8-7(11)9(13-5-12-8)17-10-14-6(2)15-18-10/h5H,3-4,11H2,1-2H3. The Morgan fingerprint density at radius 1 is 1.44 bits per heavy atom. The minimum absolute atomic E-state index is 0.426. The minimum Gasteiger partial charge on any atom is -0.476 e. The van der Waals surface area contributed by atoms with Gasteiger partial charge in [-0.3, -0.25) is 0 Å². The van der Waals surface area contributed by atoms with Gasteiger partial charge in [0.15, 0.2) is 4.34 Å². The number of nitrogens with zero attached hydrogens (tertiary/aromatic N) is 4. The maximum absolute atomic E-state index is 5.96. The summed E-state index contributed by atoms with van der Waals surface area (Å²) in [5.74, 6) is 1.17. The largest absolute Gasteiger partial charge is 0.476 e. The zero-order valence-corrected chi connectivity index (χ0v) is 11.7. The molecule has 0 spiro atoms. The average molecular weight is 283 g/mol. The first-order valence-corrected chi connectivity index (χ1v) is 7.01. The Morgan fingerprint density at radius 3 is 2.94 bits per heavy atom. The fourth-order valence-corrected chi connectivity index (χ4v) is 2.72. The molecule has 2 aromatic heterocycles. The molecule has 6 nitrogen and oxygen atoms in total. The van der Waals surface area contributed by atoms with Crippen LogP contribution in [0, 0.1) is 6.92 Å². The molecule has 0 aliphatic heterocycles. The highest BCUT2D eigenvalue weighted by Crippen LogP contribution is 2.34. The maximum atomic E-state index is 5.96. The molecule has 2 aromatic rings. The molecule has 8 heteroatoms. The van der Waals surface area contributed by atoms with Gasteiger partial charge in [-0.2, -0.15) is 9.36 Å². The van der Waals surface area contributed by atoms with E-state index in [1.807, 2.05) is 13.8 Å². The molecule has 0 amide bonds. The molecule has 0 atom stereocenters. The topological polar surface area (TPSA) is 86.8 Å². The number of hydrogen-bond donors (Lipinski definition) is 1. The highest BCUT2D eigenvalue weighted by atomic mass is 32.2. The first-order valence-electron chi connectivity index (χ1n) is 5.42. The molecule has 0 radical (unpaired) electrons. The second-order valence-corrected chi connectivity index (χ2v) is 5.44. The second kappa shape index (κ2) is 5.96. The van der Waals surface area contributed by atoms with Crippen molar-refractivity contribution in [3.63, 3.8) is 0 Å². The number of nitrogen functional groups attached to an aromatic ring is 1. The second-order valence-electron chi connectivity index (χ2n) is 3.46. The number of nitrogens with two attached hydrogens (primary N) is 1. The van der Waals surface area contributed by atoms with Gasteiger partial charge >= 0.3 is 0 Å². The number of ether oxygens (including phenoxy) is 1. The van der Waals surface area contributed by atoms with Crippen molar-refractivity contribution in [1.29, 1.82) is 0 Å². The van der Waals surface area contributed by atoms with E-state index in [-0.39, 0.29) is 0 Å². The summed E-state index contributed by atoms with van der Waals surface area (Å²) in [7, 11) is 0. The van der Waals surface area contributed by atoms with Crippen LogP contribution in [-0.2, 0) is 0 Å². The third-order valence-corrected chi connectivity index (χ3v) is 3.81. The Kier molecular flexibility index (Phi) is 4.32. The van der Waals surface area contributed by atoms with Crippen LogP contribution in [0.4, 0.5) is 5.69 Å². The third-order valence-electron chi connectivity index (χ3n) is 1.95. The molecule has 0 aliphatic rings. The Labute approximate surface area is 113 Å². The molecule has 0 aliphatic carbocycles. The lowest BCUT2D eigenvalue weighted by molar-refractivity contribution is 0.305. The van der Waals surface area contributed by atoms with E-state index < -0.39 is 0 Å². The molecular weight excluding hydrogens is 270 g/mol. The normalized spacial score (nSPS) is 10.6. The van der Waals surface area contributed by atoms with Gasteiger partial charge in [0, 0.05) is 0 Å². The van der Waals surface area contributed by atoms with Crippen LogP contribution in [-0.4, -0.2) is 25.9 Å². The Bertz CT molecular complexity index is 531. The molecule has 2 rings (SSSR count). The first kappa shape index (κ1) is 13.0. The fraction of sp³-hybridized carbons (Fsp3) is 0.400. The molecule has 0 saturated carbocycles. The lowest BCUT2D eigenvalue weighted by Gasteiger charge is -2.08. The molecule has 0 bridgehead atoms. The molecule has 0 fully saturated rings. The summed E-state index contributed by atoms with van der Waals surface area (Å²) in [5, 5.41) is 0.646. The van der Waals surface area contributed by atoms with Crippen molar-refractivity contribution < 1.29 is 4.74 Å². The fourth-order valence-electron chi connectivity index (χ4n) is 1.16. The maximum Gasteiger partial charge on any atom is 0.241 e. The van der Waals surface area contributed by atoms with Crippen molar-refractivity contribution in [3.8, 4) is 5.88 Å². The first-order chi connectivity index (χ1) is 8.70. The van der Waals surface area contributed by atoms with Crippen molar-refractivity contribution in [2.75, 3.05) is 12.3 Å². The SMILES string of the molecule is CCCOc1ncnc(Sc2nc(C)ns2)c1N. The van der Waals surface area contributed by atoms with E-state index in [9.17, 15) is 0 Å². The van der Waals surface area contributed by atoms with Gasteiger partial charge in [0.2, 0.25) is 5.88 Å². The molecular formula is C10H13N5OS2. The van der Waals surface area contributed by atoms with Crippen LogP contribution in [0.15, 0.2) is 15.7 Å². The molecule has 0 aromatic carbocycles. The van der Waals surface area contributed by atoms with E-state index in [4.69, 9.17) is 10.5 Å². The van der Waals surface area contributed by atoms with Gasteiger partial charge in [-0.25, -0.2) is 9.97 Å². The molecule has 0 saturated heterocycles. The van der Waals surface area contributed by atoms with Gasteiger partial charge in [-0.05, 0) is 36.6 Å². The van der Waals surface area contributed by atoms with E-state index in [2.05, 4.69) is 19.3 Å². The van der Waals surface area contributed by atoms with Crippen molar-refractivity contribution in [2.24, 2.45) is 0 Å². The number of rotatable bonds is 5. The lowest BCUT2D eigenvalue weighted by Crippen LogP contribution is -2.03. The number of anilines is 1. The zero-order chi connectivity index (χ0) is 13.0. The van der Waals surface area contributed by atoms with E-state index in [0.717, 1.165) is 16.6 Å². The summed E-state index contributed by atoms with van der Waals surface area (Å²) >= 11 is 2.69. The monoisotopic (exact) mass is 283 g/mol. The summed E-state index contributed by atoms with van der Waals surface area (Å²) in [6.45, 7) is 4.46. The Balaban J connectivity index is 2.17. The van der Waals surface area contributed by atoms with Gasteiger partial charge in [0.25, 0.3) is 0 Å². The van der Waals surface area contributed by atoms with Crippen molar-refractivity contribution >= 4 is 29.0 Å². The average Bonchev–Trinajstić information content (AvgIpc) is 2.76. The van der Waals surface area contributed by atoms with Crippen LogP contribution >= 0.6 is 23.3 Å². The van der Waals surface area contributed by atoms with E-state index in [1.54, 1.807) is 0 Å². The quantitative estimate of drug-likeness (QED) is 0.841. The van der Waals surface area contributed by atoms with Gasteiger partial charge in [-0.15, -0.1) is 0 Å². The summed E-state index contributed by atoms with van der Waals surface area (Å²) < 4.78 is 10.4. The van der Waals surface area contributed by atoms with E-state index in [1.165, 1.54) is 29.6 Å². The van der Waals surface area contributed by atoms with Crippen LogP contribution < -0.4 is 10.5 Å². The summed E-state index contributed by atoms with van der Waals surface area (Å²) in [4.78, 5) is 12.4. The van der Waals surface area contributed by atoms with Crippen LogP contribution in [0.1, 0.15) is 19.2 Å². The minimum atomic E-state index is 0.426. The van der Waals surface area contributed by atoms with Gasteiger partial charge in [0.1, 0.15) is 22.9 Å². The highest BCUT2D eigenvalue weighted by molar-refractivity contribution is 8.01. The molecule has 18 heavy (non-hydrogen) atoms. The Hall–Kier alpha value is -1.41. The third kappa shape index (κ3) is 3.08. The zero-order valence-electron chi connectivity index (χ0n) is 10.1. The van der Waals surface area contributed by atoms with Gasteiger partial charge < -0.3 is 10.5 Å². The van der Waals surface area contributed by atoms with Crippen molar-refractivity contribution in [1.82, 2.24) is 19.3 Å². The summed E-state index contributed by atoms with van der Waals surface area (Å²) in [6, 6.07) is 0. The molecule has 2 heterocycles. The van der Waals surface area contributed by atoms with Crippen LogP contribution in [0.25, 0.3) is 0 Å². The van der Waals surface area contributed by atoms with Crippen LogP contribution in [0.5, 0.6) is 5.88 Å². The smallest absolute Gasteiger partial charge is 0.241 e. The number of aromatic nitrogens is 4. The predicted molar refractivity (Wildman–Crippen MR) is 71.0 cm³/mol. The Morgan fingerprint density at radius 2 is 2.28 bits per heavy atom. The van der Waals surface area contributed by atoms with E-state index in [0.29, 0.717) is 23.2 Å². The van der Waals surface area contributed by atoms with Gasteiger partial charge in [-0.1, -0.05) is 6.92 Å². The highest BCUT2D eigenvalue weighted by Gasteiger charge is 2.12. The summed E-state index contributed by atoms with van der Waals surface area (Å²) in [5.41, 5.74) is 6.41. The van der Waals surface area contributed by atoms with Crippen molar-refractivity contribution in [3.05, 3.63) is 12.2 Å².